The standard InChI is InChI=1S/C18H20ClNO6S/c1-11(17(21)20(2)15-5-6-27(23,24)10-15)26-18(22)13-7-12-8-14(19)3-4-16(12)25-9-13/h3-4,7-8,11,15H,5-6,9-10H2,1-2H3/t11-,15+/m0/s1. The highest BCUT2D eigenvalue weighted by Gasteiger charge is 2.35. The van der Waals surface area contributed by atoms with Gasteiger partial charge in [-0.05, 0) is 37.6 Å². The number of nitrogens with zero attached hydrogens (tertiary/aromatic N) is 1. The molecule has 2 aliphatic rings. The lowest BCUT2D eigenvalue weighted by Gasteiger charge is -2.26. The second-order valence-corrected chi connectivity index (χ2v) is 9.36. The van der Waals surface area contributed by atoms with Crippen molar-refractivity contribution in [3.8, 4) is 5.75 Å². The normalized spacial score (nSPS) is 21.4. The summed E-state index contributed by atoms with van der Waals surface area (Å²) in [4.78, 5) is 26.2. The molecule has 0 unspecified atom stereocenters. The molecule has 2 heterocycles. The van der Waals surface area contributed by atoms with E-state index >= 15 is 0 Å². The maximum absolute atomic E-state index is 12.5. The molecule has 2 aliphatic heterocycles. The van der Waals surface area contributed by atoms with Gasteiger partial charge in [0.25, 0.3) is 5.91 Å². The van der Waals surface area contributed by atoms with E-state index < -0.39 is 33.9 Å². The molecule has 1 saturated heterocycles. The monoisotopic (exact) mass is 413 g/mol. The van der Waals surface area contributed by atoms with Gasteiger partial charge in [-0.15, -0.1) is 0 Å². The van der Waals surface area contributed by atoms with E-state index in [1.54, 1.807) is 24.3 Å². The van der Waals surface area contributed by atoms with Crippen LogP contribution in [0.2, 0.25) is 5.02 Å². The van der Waals surface area contributed by atoms with Gasteiger partial charge in [0.15, 0.2) is 15.9 Å². The number of hydrogen-bond donors (Lipinski definition) is 0. The fourth-order valence-electron chi connectivity index (χ4n) is 3.10. The summed E-state index contributed by atoms with van der Waals surface area (Å²) in [7, 11) is -1.58. The number of carbonyl (C=O) groups is 2. The molecule has 0 radical (unpaired) electrons. The van der Waals surface area contributed by atoms with Gasteiger partial charge in [-0.1, -0.05) is 11.6 Å². The highest BCUT2D eigenvalue weighted by molar-refractivity contribution is 7.91. The second-order valence-electron chi connectivity index (χ2n) is 6.69. The van der Waals surface area contributed by atoms with Crippen LogP contribution < -0.4 is 4.74 Å². The van der Waals surface area contributed by atoms with Gasteiger partial charge >= 0.3 is 5.97 Å². The van der Waals surface area contributed by atoms with Crippen LogP contribution in [0.15, 0.2) is 23.8 Å². The molecule has 1 aromatic rings. The fourth-order valence-corrected chi connectivity index (χ4v) is 5.06. The molecule has 7 nitrogen and oxygen atoms in total. The first-order valence-electron chi connectivity index (χ1n) is 8.47. The molecule has 0 N–H and O–H groups in total. The number of halogens is 1. The van der Waals surface area contributed by atoms with E-state index in [0.717, 1.165) is 0 Å². The summed E-state index contributed by atoms with van der Waals surface area (Å²) in [5.74, 6) is -0.482. The van der Waals surface area contributed by atoms with Crippen LogP contribution in [0.4, 0.5) is 0 Å². The van der Waals surface area contributed by atoms with Gasteiger partial charge in [-0.2, -0.15) is 0 Å². The molecule has 0 aliphatic carbocycles. The molecular weight excluding hydrogens is 394 g/mol. The lowest BCUT2D eigenvalue weighted by Crippen LogP contribution is -2.44. The Kier molecular flexibility index (Phi) is 5.48. The van der Waals surface area contributed by atoms with Crippen LogP contribution in [0, 0.1) is 0 Å². The van der Waals surface area contributed by atoms with Crippen molar-refractivity contribution in [2.45, 2.75) is 25.5 Å². The predicted molar refractivity (Wildman–Crippen MR) is 100 cm³/mol. The zero-order valence-corrected chi connectivity index (χ0v) is 16.5. The molecule has 0 aromatic heterocycles. The van der Waals surface area contributed by atoms with Crippen LogP contribution in [0.5, 0.6) is 5.75 Å². The molecule has 0 bridgehead atoms. The number of ether oxygens (including phenoxy) is 2. The summed E-state index contributed by atoms with van der Waals surface area (Å²) in [6, 6.07) is 4.69. The number of sulfone groups is 1. The summed E-state index contributed by atoms with van der Waals surface area (Å²) in [6.45, 7) is 1.50. The third kappa shape index (κ3) is 4.44. The summed E-state index contributed by atoms with van der Waals surface area (Å²) >= 11 is 5.95. The van der Waals surface area contributed by atoms with Gasteiger partial charge in [-0.3, -0.25) is 4.79 Å². The van der Waals surface area contributed by atoms with Crippen molar-refractivity contribution >= 4 is 39.4 Å². The van der Waals surface area contributed by atoms with E-state index in [1.165, 1.54) is 18.9 Å². The van der Waals surface area contributed by atoms with Crippen LogP contribution in [-0.4, -0.2) is 62.5 Å². The molecule has 0 saturated carbocycles. The Labute approximate surface area is 162 Å². The third-order valence-corrected chi connectivity index (χ3v) is 6.67. The molecule has 146 valence electrons. The van der Waals surface area contributed by atoms with Gasteiger partial charge in [0.1, 0.15) is 12.4 Å². The van der Waals surface area contributed by atoms with Crippen molar-refractivity contribution in [3.63, 3.8) is 0 Å². The van der Waals surface area contributed by atoms with E-state index in [9.17, 15) is 18.0 Å². The molecule has 1 aromatic carbocycles. The SMILES string of the molecule is C[C@H](OC(=O)C1=Cc2cc(Cl)ccc2OC1)C(=O)N(C)[C@@H]1CCS(=O)(=O)C1. The van der Waals surface area contributed by atoms with Gasteiger partial charge in [0, 0.05) is 23.7 Å². The number of likely N-dealkylation sites (N-methyl/N-ethyl adjacent to an activating group) is 1. The Morgan fingerprint density at radius 2 is 2.11 bits per heavy atom. The first-order chi connectivity index (χ1) is 12.7. The van der Waals surface area contributed by atoms with Crippen molar-refractivity contribution in [1.29, 1.82) is 0 Å². The second kappa shape index (κ2) is 7.52. The minimum Gasteiger partial charge on any atom is -0.488 e. The van der Waals surface area contributed by atoms with E-state index in [-0.39, 0.29) is 23.7 Å². The van der Waals surface area contributed by atoms with Crippen molar-refractivity contribution in [2.24, 2.45) is 0 Å². The molecule has 1 amide bonds. The van der Waals surface area contributed by atoms with Gasteiger partial charge < -0.3 is 14.4 Å². The minimum atomic E-state index is -3.11. The lowest BCUT2D eigenvalue weighted by molar-refractivity contribution is -0.156. The van der Waals surface area contributed by atoms with E-state index in [2.05, 4.69) is 0 Å². The zero-order valence-electron chi connectivity index (χ0n) is 15.0. The maximum Gasteiger partial charge on any atom is 0.338 e. The smallest absolute Gasteiger partial charge is 0.338 e. The summed E-state index contributed by atoms with van der Waals surface area (Å²) in [6.07, 6.45) is 0.978. The number of benzene rings is 1. The zero-order chi connectivity index (χ0) is 19.8. The number of amides is 1. The van der Waals surface area contributed by atoms with Crippen LogP contribution in [0.3, 0.4) is 0 Å². The fraction of sp³-hybridized carbons (Fsp3) is 0.444. The van der Waals surface area contributed by atoms with Crippen molar-refractivity contribution in [1.82, 2.24) is 4.90 Å². The highest BCUT2D eigenvalue weighted by atomic mass is 35.5. The average Bonchev–Trinajstić information content (AvgIpc) is 2.99. The number of carbonyl (C=O) groups excluding carboxylic acids is 2. The van der Waals surface area contributed by atoms with Crippen molar-refractivity contribution < 1.29 is 27.5 Å². The molecule has 3 rings (SSSR count). The van der Waals surface area contributed by atoms with Crippen LogP contribution in [-0.2, 0) is 24.2 Å². The number of hydrogen-bond acceptors (Lipinski definition) is 6. The largest absolute Gasteiger partial charge is 0.488 e. The molecule has 2 atom stereocenters. The predicted octanol–water partition coefficient (Wildman–Crippen LogP) is 1.69. The quantitative estimate of drug-likeness (QED) is 0.698. The van der Waals surface area contributed by atoms with E-state index in [1.807, 2.05) is 0 Å². The van der Waals surface area contributed by atoms with Gasteiger partial charge in [-0.25, -0.2) is 13.2 Å². The molecule has 9 heteroatoms. The van der Waals surface area contributed by atoms with Crippen LogP contribution in [0.1, 0.15) is 18.9 Å². The average molecular weight is 414 g/mol. The van der Waals surface area contributed by atoms with E-state index in [0.29, 0.717) is 22.8 Å². The molecule has 27 heavy (non-hydrogen) atoms. The maximum atomic E-state index is 12.5. The Morgan fingerprint density at radius 1 is 1.37 bits per heavy atom. The van der Waals surface area contributed by atoms with Gasteiger partial charge in [0.2, 0.25) is 0 Å². The topological polar surface area (TPSA) is 90.0 Å². The van der Waals surface area contributed by atoms with Crippen molar-refractivity contribution in [3.05, 3.63) is 34.4 Å². The Balaban J connectivity index is 1.64. The Morgan fingerprint density at radius 3 is 2.78 bits per heavy atom. The van der Waals surface area contributed by atoms with E-state index in [4.69, 9.17) is 21.1 Å². The number of fused-ring (bicyclic) bond motifs is 1. The van der Waals surface area contributed by atoms with Crippen LogP contribution >= 0.6 is 11.6 Å². The third-order valence-electron chi connectivity index (χ3n) is 4.68. The molecular formula is C18H20ClNO6S. The minimum absolute atomic E-state index is 0.0328. The first-order valence-corrected chi connectivity index (χ1v) is 10.7. The molecule has 1 fully saturated rings. The van der Waals surface area contributed by atoms with Crippen LogP contribution in [0.25, 0.3) is 6.08 Å². The number of esters is 1. The summed E-state index contributed by atoms with van der Waals surface area (Å²) in [5.41, 5.74) is 0.934. The molecule has 0 spiro atoms. The number of rotatable bonds is 4. The Bertz CT molecular complexity index is 910. The van der Waals surface area contributed by atoms with Gasteiger partial charge in [0.05, 0.1) is 17.1 Å². The summed E-state index contributed by atoms with van der Waals surface area (Å²) < 4.78 is 34.0. The lowest BCUT2D eigenvalue weighted by atomic mass is 10.1. The summed E-state index contributed by atoms with van der Waals surface area (Å²) in [5, 5.41) is 0.514. The Hall–Kier alpha value is -2.06. The van der Waals surface area contributed by atoms with Crippen molar-refractivity contribution in [2.75, 3.05) is 25.2 Å². The highest BCUT2D eigenvalue weighted by Crippen LogP contribution is 2.29. The first kappa shape index (κ1) is 19.7.